The highest BCUT2D eigenvalue weighted by molar-refractivity contribution is 5.70. The molecule has 1 N–H and O–H groups in total. The van der Waals surface area contributed by atoms with Crippen molar-refractivity contribution in [1.82, 2.24) is 4.90 Å². The molecule has 2 aromatic carbocycles. The third-order valence-corrected chi connectivity index (χ3v) is 5.01. The Kier molecular flexibility index (Phi) is 5.62. The summed E-state index contributed by atoms with van der Waals surface area (Å²) in [7, 11) is 0. The van der Waals surface area contributed by atoms with E-state index in [0.29, 0.717) is 13.2 Å². The van der Waals surface area contributed by atoms with Crippen LogP contribution in [0.4, 0.5) is 0 Å². The molecular weight excluding hydrogens is 326 g/mol. The van der Waals surface area contributed by atoms with Crippen molar-refractivity contribution in [2.45, 2.75) is 40.3 Å². The van der Waals surface area contributed by atoms with E-state index in [1.807, 2.05) is 0 Å². The molecule has 1 atom stereocenters. The maximum absolute atomic E-state index is 11.1. The maximum Gasteiger partial charge on any atom is 0.307 e. The van der Waals surface area contributed by atoms with Gasteiger partial charge in [-0.1, -0.05) is 42.0 Å². The molecule has 0 aliphatic carbocycles. The zero-order valence-electron chi connectivity index (χ0n) is 15.8. The molecule has 0 radical (unpaired) electrons. The van der Waals surface area contributed by atoms with Crippen LogP contribution in [0, 0.1) is 26.7 Å². The lowest BCUT2D eigenvalue weighted by Crippen LogP contribution is -2.22. The zero-order valence-corrected chi connectivity index (χ0v) is 15.8. The molecule has 1 aliphatic heterocycles. The van der Waals surface area contributed by atoms with Crippen LogP contribution < -0.4 is 4.74 Å². The summed E-state index contributed by atoms with van der Waals surface area (Å²) in [5.41, 5.74) is 5.88. The summed E-state index contributed by atoms with van der Waals surface area (Å²) in [4.78, 5) is 13.3. The third-order valence-electron chi connectivity index (χ3n) is 5.01. The Hall–Kier alpha value is -2.33. The molecule has 1 fully saturated rings. The number of nitrogens with zero attached hydrogens (tertiary/aromatic N) is 1. The zero-order chi connectivity index (χ0) is 18.7. The summed E-state index contributed by atoms with van der Waals surface area (Å²) >= 11 is 0. The average Bonchev–Trinajstić information content (AvgIpc) is 3.03. The molecule has 0 amide bonds. The summed E-state index contributed by atoms with van der Waals surface area (Å²) < 4.78 is 6.09. The number of benzene rings is 2. The quantitative estimate of drug-likeness (QED) is 0.849. The van der Waals surface area contributed by atoms with E-state index in [2.05, 4.69) is 62.1 Å². The molecule has 138 valence electrons. The fraction of sp³-hybridized carbons (Fsp3) is 0.409. The maximum atomic E-state index is 11.1. The Morgan fingerprint density at radius 1 is 1.15 bits per heavy atom. The van der Waals surface area contributed by atoms with E-state index in [4.69, 9.17) is 9.84 Å². The van der Waals surface area contributed by atoms with Gasteiger partial charge < -0.3 is 9.84 Å². The van der Waals surface area contributed by atoms with E-state index >= 15 is 0 Å². The third kappa shape index (κ3) is 4.44. The molecule has 3 rings (SSSR count). The van der Waals surface area contributed by atoms with Crippen LogP contribution in [0.25, 0.3) is 0 Å². The standard InChI is InChI=1S/C22H27NO3/c1-15-5-4-6-18(9-15)14-26-21-16(2)10-19(11-17(21)3)12-23-8-7-20(13-23)22(24)25/h4-6,9-11,20H,7-8,12-14H2,1-3H3,(H,24,25). The van der Waals surface area contributed by atoms with Gasteiger partial charge in [-0.2, -0.15) is 0 Å². The van der Waals surface area contributed by atoms with Gasteiger partial charge in [-0.3, -0.25) is 9.69 Å². The Morgan fingerprint density at radius 2 is 1.88 bits per heavy atom. The molecular formula is C22H27NO3. The number of likely N-dealkylation sites (tertiary alicyclic amines) is 1. The van der Waals surface area contributed by atoms with Crippen LogP contribution in [0.2, 0.25) is 0 Å². The fourth-order valence-electron chi connectivity index (χ4n) is 3.75. The molecule has 0 saturated carbocycles. The number of aliphatic carboxylic acids is 1. The predicted octanol–water partition coefficient (Wildman–Crippen LogP) is 4.10. The minimum atomic E-state index is -0.681. The number of carboxylic acids is 1. The lowest BCUT2D eigenvalue weighted by atomic mass is 10.0. The Labute approximate surface area is 155 Å². The van der Waals surface area contributed by atoms with Gasteiger partial charge in [-0.05, 0) is 56.0 Å². The van der Waals surface area contributed by atoms with Gasteiger partial charge in [0.15, 0.2) is 0 Å². The number of aryl methyl sites for hydroxylation is 3. The number of rotatable bonds is 6. The van der Waals surface area contributed by atoms with Crippen molar-refractivity contribution in [3.63, 3.8) is 0 Å². The van der Waals surface area contributed by atoms with E-state index in [1.165, 1.54) is 16.7 Å². The molecule has 4 heteroatoms. The smallest absolute Gasteiger partial charge is 0.307 e. The van der Waals surface area contributed by atoms with Crippen molar-refractivity contribution in [2.75, 3.05) is 13.1 Å². The van der Waals surface area contributed by atoms with Crippen molar-refractivity contribution in [2.24, 2.45) is 5.92 Å². The second kappa shape index (κ2) is 7.92. The number of carbonyl (C=O) groups is 1. The van der Waals surface area contributed by atoms with Crippen molar-refractivity contribution in [3.8, 4) is 5.75 Å². The van der Waals surface area contributed by atoms with Crippen LogP contribution in [0.5, 0.6) is 5.75 Å². The number of hydrogen-bond acceptors (Lipinski definition) is 3. The van der Waals surface area contributed by atoms with Gasteiger partial charge in [0.25, 0.3) is 0 Å². The summed E-state index contributed by atoms with van der Waals surface area (Å²) in [5, 5.41) is 9.15. The molecule has 4 nitrogen and oxygen atoms in total. The first kappa shape index (κ1) is 18.5. The van der Waals surface area contributed by atoms with Crippen molar-refractivity contribution < 1.29 is 14.6 Å². The first-order chi connectivity index (χ1) is 12.4. The summed E-state index contributed by atoms with van der Waals surface area (Å²) in [5.74, 6) is 0.0361. The average molecular weight is 353 g/mol. The highest BCUT2D eigenvalue weighted by Gasteiger charge is 2.27. The molecule has 0 spiro atoms. The van der Waals surface area contributed by atoms with Crippen LogP contribution in [0.15, 0.2) is 36.4 Å². The molecule has 1 unspecified atom stereocenters. The topological polar surface area (TPSA) is 49.8 Å². The van der Waals surface area contributed by atoms with Gasteiger partial charge in [0.2, 0.25) is 0 Å². The van der Waals surface area contributed by atoms with E-state index in [0.717, 1.165) is 36.4 Å². The van der Waals surface area contributed by atoms with Crippen LogP contribution in [-0.4, -0.2) is 29.1 Å². The van der Waals surface area contributed by atoms with Gasteiger partial charge in [-0.25, -0.2) is 0 Å². The first-order valence-corrected chi connectivity index (χ1v) is 9.16. The largest absolute Gasteiger partial charge is 0.488 e. The van der Waals surface area contributed by atoms with Crippen LogP contribution in [0.1, 0.15) is 34.2 Å². The lowest BCUT2D eigenvalue weighted by Gasteiger charge is -2.18. The highest BCUT2D eigenvalue weighted by atomic mass is 16.5. The number of ether oxygens (including phenoxy) is 1. The van der Waals surface area contributed by atoms with E-state index in [9.17, 15) is 4.79 Å². The second-order valence-corrected chi connectivity index (χ2v) is 7.40. The Bertz CT molecular complexity index is 777. The molecule has 1 saturated heterocycles. The van der Waals surface area contributed by atoms with Gasteiger partial charge in [-0.15, -0.1) is 0 Å². The van der Waals surface area contributed by atoms with Gasteiger partial charge in [0, 0.05) is 13.1 Å². The van der Waals surface area contributed by atoms with Crippen molar-refractivity contribution in [3.05, 3.63) is 64.2 Å². The minimum absolute atomic E-state index is 0.228. The highest BCUT2D eigenvalue weighted by Crippen LogP contribution is 2.27. The predicted molar refractivity (Wildman–Crippen MR) is 102 cm³/mol. The molecule has 1 heterocycles. The van der Waals surface area contributed by atoms with E-state index in [-0.39, 0.29) is 5.92 Å². The summed E-state index contributed by atoms with van der Waals surface area (Å²) in [6.45, 7) is 9.08. The van der Waals surface area contributed by atoms with E-state index in [1.54, 1.807) is 0 Å². The summed E-state index contributed by atoms with van der Waals surface area (Å²) in [6.07, 6.45) is 0.741. The monoisotopic (exact) mass is 353 g/mol. The SMILES string of the molecule is Cc1cccc(COc2c(C)cc(CN3CCC(C(=O)O)C3)cc2C)c1. The molecule has 0 bridgehead atoms. The van der Waals surface area contributed by atoms with Crippen molar-refractivity contribution in [1.29, 1.82) is 0 Å². The van der Waals surface area contributed by atoms with Gasteiger partial charge >= 0.3 is 5.97 Å². The molecule has 0 aromatic heterocycles. The van der Waals surface area contributed by atoms with Crippen LogP contribution >= 0.6 is 0 Å². The summed E-state index contributed by atoms with van der Waals surface area (Å²) in [6, 6.07) is 12.7. The Balaban J connectivity index is 1.65. The van der Waals surface area contributed by atoms with Crippen LogP contribution in [0.3, 0.4) is 0 Å². The van der Waals surface area contributed by atoms with E-state index < -0.39 is 5.97 Å². The normalized spacial score (nSPS) is 17.4. The number of carboxylic acid groups (broad SMARTS) is 1. The lowest BCUT2D eigenvalue weighted by molar-refractivity contribution is -0.141. The van der Waals surface area contributed by atoms with Crippen molar-refractivity contribution >= 4 is 5.97 Å². The fourth-order valence-corrected chi connectivity index (χ4v) is 3.75. The molecule has 26 heavy (non-hydrogen) atoms. The number of hydrogen-bond donors (Lipinski definition) is 1. The van der Waals surface area contributed by atoms with Gasteiger partial charge in [0.05, 0.1) is 5.92 Å². The van der Waals surface area contributed by atoms with Gasteiger partial charge in [0.1, 0.15) is 12.4 Å². The first-order valence-electron chi connectivity index (χ1n) is 9.16. The molecule has 2 aromatic rings. The second-order valence-electron chi connectivity index (χ2n) is 7.40. The minimum Gasteiger partial charge on any atom is -0.488 e. The Morgan fingerprint density at radius 3 is 2.50 bits per heavy atom. The molecule has 1 aliphatic rings. The van der Waals surface area contributed by atoms with Crippen LogP contribution in [-0.2, 0) is 17.9 Å².